The number of piperidine rings is 1. The molecule has 0 aromatic carbocycles. The number of carbonyl (C=O) groups excluding carboxylic acids is 1. The molecule has 3 aliphatic rings. The molecule has 3 fully saturated rings. The quantitative estimate of drug-likeness (QED) is 0.814. The summed E-state index contributed by atoms with van der Waals surface area (Å²) < 4.78 is 0. The number of likely N-dealkylation sites (tertiary alicyclic amines) is 1. The van der Waals surface area contributed by atoms with Crippen LogP contribution in [0.4, 0.5) is 0 Å². The maximum atomic E-state index is 12.5. The molecule has 1 aliphatic carbocycles. The van der Waals surface area contributed by atoms with Gasteiger partial charge >= 0.3 is 0 Å². The minimum absolute atomic E-state index is 0.396. The van der Waals surface area contributed by atoms with Crippen molar-refractivity contribution in [3.63, 3.8) is 0 Å². The first kappa shape index (κ1) is 12.5. The molecule has 102 valence electrons. The molecular formula is C15H26N2O. The first-order valence-corrected chi connectivity index (χ1v) is 7.87. The number of nitrogens with zero attached hydrogens (tertiary/aromatic N) is 1. The van der Waals surface area contributed by atoms with Crippen LogP contribution < -0.4 is 5.32 Å². The summed E-state index contributed by atoms with van der Waals surface area (Å²) in [7, 11) is 0. The van der Waals surface area contributed by atoms with E-state index in [0.717, 1.165) is 38.4 Å². The van der Waals surface area contributed by atoms with E-state index < -0.39 is 0 Å². The highest BCUT2D eigenvalue weighted by Crippen LogP contribution is 2.35. The molecule has 0 spiro atoms. The third-order valence-corrected chi connectivity index (χ3v) is 4.94. The fraction of sp³-hybridized carbons (Fsp3) is 0.933. The molecule has 3 nitrogen and oxygen atoms in total. The molecule has 3 heteroatoms. The number of hydrogen-bond acceptors (Lipinski definition) is 2. The number of nitrogens with one attached hydrogen (secondary N) is 1. The van der Waals surface area contributed by atoms with E-state index in [4.69, 9.17) is 0 Å². The van der Waals surface area contributed by atoms with Gasteiger partial charge in [0.1, 0.15) is 0 Å². The molecule has 3 rings (SSSR count). The predicted molar refractivity (Wildman–Crippen MR) is 72.3 cm³/mol. The van der Waals surface area contributed by atoms with Gasteiger partial charge in [0.15, 0.2) is 0 Å². The zero-order valence-electron chi connectivity index (χ0n) is 11.4. The van der Waals surface area contributed by atoms with Crippen molar-refractivity contribution in [3.8, 4) is 0 Å². The third-order valence-electron chi connectivity index (χ3n) is 4.94. The fourth-order valence-corrected chi connectivity index (χ4v) is 3.69. The Hall–Kier alpha value is -0.570. The van der Waals surface area contributed by atoms with Gasteiger partial charge in [0, 0.05) is 18.5 Å². The van der Waals surface area contributed by atoms with E-state index >= 15 is 0 Å². The smallest absolute Gasteiger partial charge is 0.225 e. The Kier molecular flexibility index (Phi) is 3.88. The lowest BCUT2D eigenvalue weighted by molar-refractivity contribution is -0.136. The third kappa shape index (κ3) is 2.71. The van der Waals surface area contributed by atoms with Crippen LogP contribution in [0.15, 0.2) is 0 Å². The molecule has 1 amide bonds. The van der Waals surface area contributed by atoms with Crippen molar-refractivity contribution in [2.45, 2.75) is 57.4 Å². The number of rotatable bonds is 2. The van der Waals surface area contributed by atoms with E-state index in [0.29, 0.717) is 17.9 Å². The highest BCUT2D eigenvalue weighted by Gasteiger charge is 2.39. The van der Waals surface area contributed by atoms with Gasteiger partial charge in [-0.3, -0.25) is 4.79 Å². The minimum Gasteiger partial charge on any atom is -0.339 e. The first-order valence-electron chi connectivity index (χ1n) is 7.87. The summed E-state index contributed by atoms with van der Waals surface area (Å²) in [4.78, 5) is 14.8. The van der Waals surface area contributed by atoms with Crippen molar-refractivity contribution in [2.75, 3.05) is 19.6 Å². The topological polar surface area (TPSA) is 32.3 Å². The second kappa shape index (κ2) is 5.60. The molecule has 0 aromatic rings. The second-order valence-corrected chi connectivity index (χ2v) is 6.31. The summed E-state index contributed by atoms with van der Waals surface area (Å²) in [5, 5.41) is 3.45. The summed E-state index contributed by atoms with van der Waals surface area (Å²) in [5.41, 5.74) is 0. The van der Waals surface area contributed by atoms with Crippen LogP contribution in [0.2, 0.25) is 0 Å². The van der Waals surface area contributed by atoms with E-state index in [-0.39, 0.29) is 0 Å². The van der Waals surface area contributed by atoms with Crippen LogP contribution in [0, 0.1) is 11.8 Å². The van der Waals surface area contributed by atoms with Crippen LogP contribution >= 0.6 is 0 Å². The van der Waals surface area contributed by atoms with Gasteiger partial charge in [0.2, 0.25) is 5.91 Å². The minimum atomic E-state index is 0.396. The lowest BCUT2D eigenvalue weighted by atomic mass is 9.86. The average Bonchev–Trinajstić information content (AvgIpc) is 3.25. The van der Waals surface area contributed by atoms with Gasteiger partial charge in [0.05, 0.1) is 0 Å². The molecule has 1 saturated carbocycles. The van der Waals surface area contributed by atoms with Crippen LogP contribution in [0.5, 0.6) is 0 Å². The Bertz CT molecular complexity index is 295. The number of amides is 1. The molecule has 2 saturated heterocycles. The summed E-state index contributed by atoms with van der Waals surface area (Å²) in [6.45, 7) is 3.32. The number of hydrogen-bond donors (Lipinski definition) is 1. The van der Waals surface area contributed by atoms with Gasteiger partial charge in [-0.15, -0.1) is 0 Å². The Labute approximate surface area is 110 Å². The molecule has 0 unspecified atom stereocenters. The highest BCUT2D eigenvalue weighted by molar-refractivity contribution is 5.81. The van der Waals surface area contributed by atoms with Crippen molar-refractivity contribution in [2.24, 2.45) is 11.8 Å². The summed E-state index contributed by atoms with van der Waals surface area (Å²) in [5.74, 6) is 1.64. The van der Waals surface area contributed by atoms with Crippen molar-refractivity contribution >= 4 is 5.91 Å². The van der Waals surface area contributed by atoms with Gasteiger partial charge < -0.3 is 10.2 Å². The van der Waals surface area contributed by atoms with Gasteiger partial charge in [0.25, 0.3) is 0 Å². The zero-order valence-corrected chi connectivity index (χ0v) is 11.4. The van der Waals surface area contributed by atoms with Crippen LogP contribution in [0.25, 0.3) is 0 Å². The van der Waals surface area contributed by atoms with Crippen LogP contribution in [0.3, 0.4) is 0 Å². The summed E-state index contributed by atoms with van der Waals surface area (Å²) in [6, 6.07) is 0.558. The zero-order chi connectivity index (χ0) is 12.4. The Morgan fingerprint density at radius 3 is 2.44 bits per heavy atom. The summed E-state index contributed by atoms with van der Waals surface area (Å²) >= 11 is 0. The van der Waals surface area contributed by atoms with E-state index in [1.165, 1.54) is 38.5 Å². The van der Waals surface area contributed by atoms with Crippen LogP contribution in [0.1, 0.15) is 51.4 Å². The van der Waals surface area contributed by atoms with E-state index in [1.807, 2.05) is 0 Å². The highest BCUT2D eigenvalue weighted by atomic mass is 16.2. The predicted octanol–water partition coefficient (Wildman–Crippen LogP) is 2.17. The molecular weight excluding hydrogens is 224 g/mol. The molecule has 18 heavy (non-hydrogen) atoms. The molecule has 1 atom stereocenters. The van der Waals surface area contributed by atoms with Gasteiger partial charge in [-0.25, -0.2) is 0 Å². The van der Waals surface area contributed by atoms with Crippen molar-refractivity contribution in [1.29, 1.82) is 0 Å². The standard InChI is InChI=1S/C15H26N2O/c18-15(13-5-6-13)17-11-3-1-2-4-14(17)12-7-9-16-10-8-12/h12-14,16H,1-11H2/t14-/m1/s1. The molecule has 0 radical (unpaired) electrons. The molecule has 1 N–H and O–H groups in total. The van der Waals surface area contributed by atoms with E-state index in [2.05, 4.69) is 10.2 Å². The SMILES string of the molecule is O=C(C1CC1)N1CCCCC[C@@H]1C1CCNCC1. The van der Waals surface area contributed by atoms with Crippen LogP contribution in [-0.4, -0.2) is 36.5 Å². The Morgan fingerprint density at radius 1 is 0.944 bits per heavy atom. The van der Waals surface area contributed by atoms with Crippen molar-refractivity contribution in [3.05, 3.63) is 0 Å². The molecule has 0 bridgehead atoms. The lowest BCUT2D eigenvalue weighted by Gasteiger charge is -2.38. The maximum absolute atomic E-state index is 12.5. The Morgan fingerprint density at radius 2 is 1.72 bits per heavy atom. The normalized spacial score (nSPS) is 31.1. The average molecular weight is 250 g/mol. The number of carbonyl (C=O) groups is 1. The van der Waals surface area contributed by atoms with Crippen LogP contribution in [-0.2, 0) is 4.79 Å². The van der Waals surface area contributed by atoms with Gasteiger partial charge in [-0.1, -0.05) is 12.8 Å². The van der Waals surface area contributed by atoms with E-state index in [9.17, 15) is 4.79 Å². The molecule has 2 aliphatic heterocycles. The monoisotopic (exact) mass is 250 g/mol. The lowest BCUT2D eigenvalue weighted by Crippen LogP contribution is -2.47. The van der Waals surface area contributed by atoms with E-state index in [1.54, 1.807) is 0 Å². The molecule has 0 aromatic heterocycles. The fourth-order valence-electron chi connectivity index (χ4n) is 3.69. The summed E-state index contributed by atoms with van der Waals surface area (Å²) in [6.07, 6.45) is 9.93. The Balaban J connectivity index is 1.70. The van der Waals surface area contributed by atoms with Crippen molar-refractivity contribution < 1.29 is 4.79 Å². The van der Waals surface area contributed by atoms with Gasteiger partial charge in [-0.2, -0.15) is 0 Å². The second-order valence-electron chi connectivity index (χ2n) is 6.31. The molecule has 2 heterocycles. The van der Waals surface area contributed by atoms with Gasteiger partial charge in [-0.05, 0) is 57.5 Å². The van der Waals surface area contributed by atoms with Crippen molar-refractivity contribution in [1.82, 2.24) is 10.2 Å². The maximum Gasteiger partial charge on any atom is 0.225 e. The first-order chi connectivity index (χ1) is 8.86. The largest absolute Gasteiger partial charge is 0.339 e.